The third kappa shape index (κ3) is 3.22. The third-order valence-electron chi connectivity index (χ3n) is 4.69. The first-order chi connectivity index (χ1) is 13.4. The van der Waals surface area contributed by atoms with Crippen LogP contribution in [0.25, 0.3) is 5.76 Å². The minimum absolute atomic E-state index is 0.105. The molecular weight excluding hydrogens is 364 g/mol. The van der Waals surface area contributed by atoms with Gasteiger partial charge < -0.3 is 19.7 Å². The molecule has 0 aromatic heterocycles. The Morgan fingerprint density at radius 3 is 2.32 bits per heavy atom. The highest BCUT2D eigenvalue weighted by atomic mass is 16.5. The van der Waals surface area contributed by atoms with E-state index in [1.807, 2.05) is 0 Å². The lowest BCUT2D eigenvalue weighted by Gasteiger charge is -2.24. The number of phenols is 1. The van der Waals surface area contributed by atoms with Gasteiger partial charge in [0.15, 0.2) is 11.5 Å². The number of methoxy groups -OCH3 is 2. The fourth-order valence-electron chi connectivity index (χ4n) is 3.26. The molecule has 2 aromatic rings. The average Bonchev–Trinajstić information content (AvgIpc) is 2.71. The van der Waals surface area contributed by atoms with Gasteiger partial charge in [-0.3, -0.25) is 14.4 Å². The van der Waals surface area contributed by atoms with E-state index in [-0.39, 0.29) is 40.4 Å². The van der Waals surface area contributed by atoms with Crippen LogP contribution in [0.2, 0.25) is 0 Å². The van der Waals surface area contributed by atoms with E-state index in [1.54, 1.807) is 12.1 Å². The number of Topliss-reactive ketones (excluding diaryl/α,β-unsaturated/α-hetero) is 2. The molecule has 2 N–H and O–H groups in total. The van der Waals surface area contributed by atoms with Gasteiger partial charge in [0, 0.05) is 17.0 Å². The molecule has 7 nitrogen and oxygen atoms in total. The summed E-state index contributed by atoms with van der Waals surface area (Å²) in [6.07, 6.45) is -0.287. The number of carbonyl (C=O) groups excluding carboxylic acids is 3. The Morgan fingerprint density at radius 2 is 1.68 bits per heavy atom. The Hall–Kier alpha value is -3.61. The molecule has 2 aromatic carbocycles. The lowest BCUT2D eigenvalue weighted by Crippen LogP contribution is -2.28. The number of benzene rings is 2. The quantitative estimate of drug-likeness (QED) is 0.604. The first-order valence-corrected chi connectivity index (χ1v) is 8.44. The molecule has 1 unspecified atom stereocenters. The van der Waals surface area contributed by atoms with E-state index < -0.39 is 23.5 Å². The topological polar surface area (TPSA) is 110 Å². The van der Waals surface area contributed by atoms with Crippen molar-refractivity contribution in [2.24, 2.45) is 0 Å². The fraction of sp³-hybridized carbons (Fsp3) is 0.190. The molecule has 0 amide bonds. The van der Waals surface area contributed by atoms with Gasteiger partial charge in [0.25, 0.3) is 0 Å². The zero-order valence-corrected chi connectivity index (χ0v) is 15.3. The highest BCUT2D eigenvalue weighted by molar-refractivity contribution is 6.52. The summed E-state index contributed by atoms with van der Waals surface area (Å²) in [5.41, 5.74) is 0.542. The van der Waals surface area contributed by atoms with Gasteiger partial charge in [0.1, 0.15) is 5.76 Å². The Bertz CT molecular complexity index is 1000. The van der Waals surface area contributed by atoms with E-state index >= 15 is 0 Å². The van der Waals surface area contributed by atoms with Crippen molar-refractivity contribution in [1.82, 2.24) is 0 Å². The number of aromatic hydroxyl groups is 1. The van der Waals surface area contributed by atoms with Crippen LogP contribution in [0.1, 0.15) is 33.8 Å². The van der Waals surface area contributed by atoms with Crippen molar-refractivity contribution >= 4 is 23.3 Å². The average molecular weight is 382 g/mol. The largest absolute Gasteiger partial charge is 0.507 e. The lowest BCUT2D eigenvalue weighted by molar-refractivity contribution is -0.140. The molecule has 0 radical (unpaired) electrons. The van der Waals surface area contributed by atoms with Crippen LogP contribution in [0, 0.1) is 0 Å². The van der Waals surface area contributed by atoms with Crippen molar-refractivity contribution in [3.8, 4) is 11.5 Å². The Balaban J connectivity index is 2.22. The molecule has 0 spiro atoms. The van der Waals surface area contributed by atoms with Gasteiger partial charge >= 0.3 is 5.97 Å². The standard InChI is InChI=1S/C21H18O7/c1-27-16-9-11(7-8-15(16)22)14(10-17(23)28-2)18-19(24)12-5-3-4-6-13(12)20(25)21(18)26/h3-9,14,22,24H,10H2,1-2H3. The maximum atomic E-state index is 12.8. The molecule has 0 saturated carbocycles. The number of phenolic OH excluding ortho intramolecular Hbond substituents is 1. The molecule has 1 aliphatic carbocycles. The molecule has 0 fully saturated rings. The molecule has 0 bridgehead atoms. The van der Waals surface area contributed by atoms with Crippen LogP contribution in [0.15, 0.2) is 48.0 Å². The summed E-state index contributed by atoms with van der Waals surface area (Å²) in [5.74, 6) is -3.61. The minimum atomic E-state index is -0.966. The van der Waals surface area contributed by atoms with Gasteiger partial charge in [0.05, 0.1) is 26.2 Å². The zero-order valence-electron chi connectivity index (χ0n) is 15.3. The van der Waals surface area contributed by atoms with Crippen molar-refractivity contribution in [2.75, 3.05) is 14.2 Å². The summed E-state index contributed by atoms with van der Waals surface area (Å²) in [5, 5.41) is 20.6. The second-order valence-corrected chi connectivity index (χ2v) is 6.23. The van der Waals surface area contributed by atoms with Crippen LogP contribution in [-0.2, 0) is 14.3 Å². The van der Waals surface area contributed by atoms with E-state index in [1.165, 1.54) is 44.6 Å². The van der Waals surface area contributed by atoms with Crippen molar-refractivity contribution in [3.63, 3.8) is 0 Å². The van der Waals surface area contributed by atoms with Crippen molar-refractivity contribution < 1.29 is 34.1 Å². The molecule has 0 aliphatic heterocycles. The van der Waals surface area contributed by atoms with Crippen LogP contribution in [-0.4, -0.2) is 42.0 Å². The summed E-state index contributed by atoms with van der Waals surface area (Å²) in [7, 11) is 2.56. The molecule has 0 heterocycles. The molecular formula is C21H18O7. The smallest absolute Gasteiger partial charge is 0.306 e. The van der Waals surface area contributed by atoms with Crippen molar-refractivity contribution in [1.29, 1.82) is 0 Å². The molecule has 1 atom stereocenters. The van der Waals surface area contributed by atoms with Gasteiger partial charge in [-0.2, -0.15) is 0 Å². The van der Waals surface area contributed by atoms with Crippen molar-refractivity contribution in [3.05, 3.63) is 64.7 Å². The maximum absolute atomic E-state index is 12.8. The number of hydrogen-bond donors (Lipinski definition) is 2. The summed E-state index contributed by atoms with van der Waals surface area (Å²) in [6, 6.07) is 10.5. The van der Waals surface area contributed by atoms with E-state index in [0.29, 0.717) is 5.56 Å². The fourth-order valence-corrected chi connectivity index (χ4v) is 3.26. The van der Waals surface area contributed by atoms with Gasteiger partial charge in [0.2, 0.25) is 11.6 Å². The predicted octanol–water partition coefficient (Wildman–Crippen LogP) is 2.78. The summed E-state index contributed by atoms with van der Waals surface area (Å²) in [4.78, 5) is 37.4. The number of esters is 1. The molecule has 144 valence electrons. The summed E-state index contributed by atoms with van der Waals surface area (Å²) >= 11 is 0. The van der Waals surface area contributed by atoms with Crippen LogP contribution >= 0.6 is 0 Å². The first-order valence-electron chi connectivity index (χ1n) is 8.44. The van der Waals surface area contributed by atoms with Crippen molar-refractivity contribution in [2.45, 2.75) is 12.3 Å². The van der Waals surface area contributed by atoms with Crippen LogP contribution in [0.4, 0.5) is 0 Å². The molecule has 7 heteroatoms. The monoisotopic (exact) mass is 382 g/mol. The van der Waals surface area contributed by atoms with E-state index in [9.17, 15) is 24.6 Å². The number of rotatable bonds is 5. The van der Waals surface area contributed by atoms with E-state index in [0.717, 1.165) is 0 Å². The van der Waals surface area contributed by atoms with Crippen LogP contribution in [0.3, 0.4) is 0 Å². The summed E-state index contributed by atoms with van der Waals surface area (Å²) < 4.78 is 9.81. The second-order valence-electron chi connectivity index (χ2n) is 6.23. The minimum Gasteiger partial charge on any atom is -0.507 e. The highest BCUT2D eigenvalue weighted by Gasteiger charge is 2.38. The highest BCUT2D eigenvalue weighted by Crippen LogP contribution is 2.40. The third-order valence-corrected chi connectivity index (χ3v) is 4.69. The number of carbonyl (C=O) groups is 3. The Kier molecular flexibility index (Phi) is 5.17. The van der Waals surface area contributed by atoms with Gasteiger partial charge in [-0.1, -0.05) is 30.3 Å². The Morgan fingerprint density at radius 1 is 1.00 bits per heavy atom. The van der Waals surface area contributed by atoms with Crippen LogP contribution in [0.5, 0.6) is 11.5 Å². The summed E-state index contributed by atoms with van der Waals surface area (Å²) in [6.45, 7) is 0. The normalized spacial score (nSPS) is 14.5. The molecule has 1 aliphatic rings. The molecule has 0 saturated heterocycles. The van der Waals surface area contributed by atoms with E-state index in [2.05, 4.69) is 0 Å². The predicted molar refractivity (Wildman–Crippen MR) is 99.4 cm³/mol. The zero-order chi connectivity index (χ0) is 20.4. The Labute approximate surface area is 160 Å². The first kappa shape index (κ1) is 19.2. The lowest BCUT2D eigenvalue weighted by atomic mass is 9.78. The molecule has 3 rings (SSSR count). The number of hydrogen-bond acceptors (Lipinski definition) is 7. The molecule has 28 heavy (non-hydrogen) atoms. The maximum Gasteiger partial charge on any atom is 0.306 e. The van der Waals surface area contributed by atoms with Gasteiger partial charge in [-0.05, 0) is 17.7 Å². The number of ether oxygens (including phenoxy) is 2. The number of ketones is 2. The SMILES string of the molecule is COC(=O)CC(C1=C(O)c2ccccc2C(=O)C1=O)c1ccc(O)c(OC)c1. The second kappa shape index (κ2) is 7.56. The van der Waals surface area contributed by atoms with Gasteiger partial charge in [-0.15, -0.1) is 0 Å². The number of aliphatic hydroxyl groups is 1. The number of aliphatic hydroxyl groups excluding tert-OH is 1. The van der Waals surface area contributed by atoms with Gasteiger partial charge in [-0.25, -0.2) is 0 Å². The number of fused-ring (bicyclic) bond motifs is 1. The van der Waals surface area contributed by atoms with Crippen LogP contribution < -0.4 is 4.74 Å². The number of allylic oxidation sites excluding steroid dienone is 1. The van der Waals surface area contributed by atoms with E-state index in [4.69, 9.17) is 9.47 Å².